The molecule has 1 saturated heterocycles. The van der Waals surface area contributed by atoms with E-state index < -0.39 is 0 Å². The minimum absolute atomic E-state index is 0.431. The fourth-order valence-corrected chi connectivity index (χ4v) is 2.67. The molecule has 86 valence electrons. The first-order chi connectivity index (χ1) is 7.16. The van der Waals surface area contributed by atoms with Crippen molar-refractivity contribution in [3.8, 4) is 6.07 Å². The van der Waals surface area contributed by atoms with Gasteiger partial charge in [-0.1, -0.05) is 26.7 Å². The Kier molecular flexibility index (Phi) is 5.11. The first kappa shape index (κ1) is 12.5. The van der Waals surface area contributed by atoms with Crippen molar-refractivity contribution in [3.63, 3.8) is 0 Å². The second-order valence-corrected chi connectivity index (χ2v) is 5.11. The highest BCUT2D eigenvalue weighted by atomic mass is 15.2. The summed E-state index contributed by atoms with van der Waals surface area (Å²) in [4.78, 5) is 2.57. The molecule has 0 amide bonds. The standard InChI is InChI=1S/C13H24N2/c1-11(2)13-7-5-4-6-10-15(13)12(3)8-9-14/h11-13H,4-8,10H2,1-3H3. The zero-order chi connectivity index (χ0) is 11.3. The summed E-state index contributed by atoms with van der Waals surface area (Å²) < 4.78 is 0. The van der Waals surface area contributed by atoms with E-state index in [1.54, 1.807) is 0 Å². The van der Waals surface area contributed by atoms with Crippen LogP contribution in [0.2, 0.25) is 0 Å². The summed E-state index contributed by atoms with van der Waals surface area (Å²) in [7, 11) is 0. The number of nitrogens with zero attached hydrogens (tertiary/aromatic N) is 2. The normalized spacial score (nSPS) is 25.9. The third-order valence-electron chi connectivity index (χ3n) is 3.56. The van der Waals surface area contributed by atoms with Crippen LogP contribution in [0.15, 0.2) is 0 Å². The SMILES string of the molecule is CC(C)C1CCCCCN1C(C)CC#N. The maximum Gasteiger partial charge on any atom is 0.0638 e. The van der Waals surface area contributed by atoms with Gasteiger partial charge in [-0.25, -0.2) is 0 Å². The van der Waals surface area contributed by atoms with Crippen molar-refractivity contribution < 1.29 is 0 Å². The lowest BCUT2D eigenvalue weighted by atomic mass is 9.96. The van der Waals surface area contributed by atoms with Gasteiger partial charge in [0.05, 0.1) is 12.5 Å². The Bertz CT molecular complexity index is 217. The molecule has 0 saturated carbocycles. The molecule has 0 aliphatic carbocycles. The molecule has 2 atom stereocenters. The quantitative estimate of drug-likeness (QED) is 0.712. The van der Waals surface area contributed by atoms with Crippen LogP contribution in [0.25, 0.3) is 0 Å². The first-order valence-electron chi connectivity index (χ1n) is 6.29. The van der Waals surface area contributed by atoms with Crippen LogP contribution in [0.4, 0.5) is 0 Å². The molecule has 1 aliphatic rings. The summed E-state index contributed by atoms with van der Waals surface area (Å²) in [6.45, 7) is 8.00. The Labute approximate surface area is 94.3 Å². The van der Waals surface area contributed by atoms with Gasteiger partial charge in [-0.3, -0.25) is 4.90 Å². The lowest BCUT2D eigenvalue weighted by molar-refractivity contribution is 0.114. The topological polar surface area (TPSA) is 27.0 Å². The van der Waals surface area contributed by atoms with E-state index in [-0.39, 0.29) is 0 Å². The highest BCUT2D eigenvalue weighted by molar-refractivity contribution is 4.86. The molecule has 0 aromatic carbocycles. The van der Waals surface area contributed by atoms with Crippen molar-refractivity contribution in [3.05, 3.63) is 0 Å². The summed E-state index contributed by atoms with van der Waals surface area (Å²) in [5, 5.41) is 8.79. The predicted octanol–water partition coefficient (Wildman–Crippen LogP) is 3.19. The van der Waals surface area contributed by atoms with E-state index in [1.807, 2.05) is 0 Å². The monoisotopic (exact) mass is 208 g/mol. The third kappa shape index (κ3) is 3.50. The first-order valence-corrected chi connectivity index (χ1v) is 6.29. The summed E-state index contributed by atoms with van der Waals surface area (Å²) in [6, 6.07) is 3.42. The summed E-state index contributed by atoms with van der Waals surface area (Å²) in [6.07, 6.45) is 6.01. The molecule has 2 heteroatoms. The molecule has 2 nitrogen and oxygen atoms in total. The molecule has 0 spiro atoms. The van der Waals surface area contributed by atoms with E-state index in [0.717, 1.165) is 0 Å². The minimum atomic E-state index is 0.431. The molecule has 1 rings (SSSR count). The number of nitriles is 1. The van der Waals surface area contributed by atoms with E-state index in [9.17, 15) is 0 Å². The Hall–Kier alpha value is -0.550. The number of rotatable bonds is 3. The lowest BCUT2D eigenvalue weighted by Crippen LogP contribution is -2.44. The molecular formula is C13H24N2. The molecule has 0 aromatic rings. The van der Waals surface area contributed by atoms with E-state index in [1.165, 1.54) is 32.2 Å². The summed E-state index contributed by atoms with van der Waals surface area (Å²) in [5.74, 6) is 0.712. The van der Waals surface area contributed by atoms with Gasteiger partial charge in [-0.2, -0.15) is 5.26 Å². The zero-order valence-corrected chi connectivity index (χ0v) is 10.4. The maximum atomic E-state index is 8.79. The van der Waals surface area contributed by atoms with Gasteiger partial charge < -0.3 is 0 Å². The van der Waals surface area contributed by atoms with Crippen molar-refractivity contribution in [2.24, 2.45) is 5.92 Å². The average Bonchev–Trinajstić information content (AvgIpc) is 2.42. The Morgan fingerprint density at radius 2 is 2.00 bits per heavy atom. The van der Waals surface area contributed by atoms with E-state index in [0.29, 0.717) is 24.4 Å². The molecule has 1 fully saturated rings. The van der Waals surface area contributed by atoms with Gasteiger partial charge in [-0.05, 0) is 32.2 Å². The van der Waals surface area contributed by atoms with Crippen molar-refractivity contribution in [1.82, 2.24) is 4.90 Å². The van der Waals surface area contributed by atoms with Crippen LogP contribution in [0.5, 0.6) is 0 Å². The molecule has 0 N–H and O–H groups in total. The molecule has 0 aromatic heterocycles. The van der Waals surface area contributed by atoms with Gasteiger partial charge in [-0.15, -0.1) is 0 Å². The molecule has 1 heterocycles. The Morgan fingerprint density at radius 1 is 1.27 bits per heavy atom. The number of hydrogen-bond donors (Lipinski definition) is 0. The van der Waals surface area contributed by atoms with Crippen LogP contribution in [0.1, 0.15) is 52.9 Å². The van der Waals surface area contributed by atoms with Gasteiger partial charge >= 0.3 is 0 Å². The Morgan fingerprint density at radius 3 is 2.60 bits per heavy atom. The molecular weight excluding hydrogens is 184 g/mol. The fourth-order valence-electron chi connectivity index (χ4n) is 2.67. The van der Waals surface area contributed by atoms with E-state index >= 15 is 0 Å². The second-order valence-electron chi connectivity index (χ2n) is 5.11. The van der Waals surface area contributed by atoms with Crippen LogP contribution in [0.3, 0.4) is 0 Å². The Balaban J connectivity index is 2.66. The maximum absolute atomic E-state index is 8.79. The second kappa shape index (κ2) is 6.12. The van der Waals surface area contributed by atoms with Crippen LogP contribution in [-0.2, 0) is 0 Å². The highest BCUT2D eigenvalue weighted by Crippen LogP contribution is 2.25. The van der Waals surface area contributed by atoms with Crippen molar-refractivity contribution >= 4 is 0 Å². The molecule has 15 heavy (non-hydrogen) atoms. The molecule has 2 unspecified atom stereocenters. The zero-order valence-electron chi connectivity index (χ0n) is 10.4. The fraction of sp³-hybridized carbons (Fsp3) is 0.923. The van der Waals surface area contributed by atoms with Crippen molar-refractivity contribution in [2.75, 3.05) is 6.54 Å². The van der Waals surface area contributed by atoms with Crippen LogP contribution in [-0.4, -0.2) is 23.5 Å². The predicted molar refractivity (Wildman–Crippen MR) is 63.5 cm³/mol. The van der Waals surface area contributed by atoms with Crippen molar-refractivity contribution in [2.45, 2.75) is 65.0 Å². The van der Waals surface area contributed by atoms with E-state index in [4.69, 9.17) is 5.26 Å². The largest absolute Gasteiger partial charge is 0.296 e. The molecule has 0 bridgehead atoms. The van der Waals surface area contributed by atoms with Gasteiger partial charge in [0.2, 0.25) is 0 Å². The average molecular weight is 208 g/mol. The molecule has 1 aliphatic heterocycles. The van der Waals surface area contributed by atoms with Gasteiger partial charge in [0.15, 0.2) is 0 Å². The highest BCUT2D eigenvalue weighted by Gasteiger charge is 2.26. The summed E-state index contributed by atoms with van der Waals surface area (Å²) in [5.41, 5.74) is 0. The lowest BCUT2D eigenvalue weighted by Gasteiger charge is -2.36. The van der Waals surface area contributed by atoms with Gasteiger partial charge in [0.1, 0.15) is 0 Å². The van der Waals surface area contributed by atoms with Crippen LogP contribution < -0.4 is 0 Å². The summed E-state index contributed by atoms with van der Waals surface area (Å²) >= 11 is 0. The number of hydrogen-bond acceptors (Lipinski definition) is 2. The number of likely N-dealkylation sites (tertiary alicyclic amines) is 1. The van der Waals surface area contributed by atoms with Crippen LogP contribution in [0, 0.1) is 17.2 Å². The van der Waals surface area contributed by atoms with Gasteiger partial charge in [0, 0.05) is 12.1 Å². The van der Waals surface area contributed by atoms with Crippen molar-refractivity contribution in [1.29, 1.82) is 5.26 Å². The molecule has 0 radical (unpaired) electrons. The van der Waals surface area contributed by atoms with Crippen LogP contribution >= 0.6 is 0 Å². The van der Waals surface area contributed by atoms with Gasteiger partial charge in [0.25, 0.3) is 0 Å². The minimum Gasteiger partial charge on any atom is -0.296 e. The third-order valence-corrected chi connectivity index (χ3v) is 3.56. The smallest absolute Gasteiger partial charge is 0.0638 e. The van der Waals surface area contributed by atoms with E-state index in [2.05, 4.69) is 31.7 Å².